The maximum absolute atomic E-state index is 11.2. The number of sulfonamides is 1. The van der Waals surface area contributed by atoms with E-state index in [0.29, 0.717) is 32.7 Å². The topological polar surface area (TPSA) is 72.6 Å². The number of rotatable bonds is 7. The zero-order chi connectivity index (χ0) is 10.3. The number of methoxy groups -OCH3 is 1. The molecule has 0 fully saturated rings. The Morgan fingerprint density at radius 1 is 1.38 bits per heavy atom. The van der Waals surface area contributed by atoms with Crippen molar-refractivity contribution in [3.63, 3.8) is 0 Å². The third-order valence-electron chi connectivity index (χ3n) is 1.63. The summed E-state index contributed by atoms with van der Waals surface area (Å²) >= 11 is 0. The molecule has 0 saturated heterocycles. The van der Waals surface area contributed by atoms with Crippen molar-refractivity contribution in [1.29, 1.82) is 0 Å². The van der Waals surface area contributed by atoms with Gasteiger partial charge in [0, 0.05) is 20.2 Å². The van der Waals surface area contributed by atoms with Crippen LogP contribution in [0.4, 0.5) is 0 Å². The molecule has 0 rings (SSSR count). The van der Waals surface area contributed by atoms with Gasteiger partial charge in [-0.15, -0.1) is 0 Å². The molecular formula is C7H18N2O3S. The zero-order valence-electron chi connectivity index (χ0n) is 8.19. The molecule has 0 aromatic rings. The van der Waals surface area contributed by atoms with Crippen LogP contribution in [0.1, 0.15) is 6.42 Å². The standard InChI is InChI=1S/C7H18N2O3S/c1-12-7-6-9(5-3-4-8)13(2,10)11/h3-8H2,1-2H3. The van der Waals surface area contributed by atoms with Crippen LogP contribution >= 0.6 is 0 Å². The lowest BCUT2D eigenvalue weighted by atomic mass is 10.4. The molecule has 0 amide bonds. The molecule has 0 aliphatic rings. The quantitative estimate of drug-likeness (QED) is 0.599. The van der Waals surface area contributed by atoms with E-state index in [1.807, 2.05) is 0 Å². The van der Waals surface area contributed by atoms with Crippen LogP contribution in [-0.2, 0) is 14.8 Å². The van der Waals surface area contributed by atoms with Gasteiger partial charge in [-0.3, -0.25) is 0 Å². The first-order valence-electron chi connectivity index (χ1n) is 4.16. The number of nitrogens with zero attached hydrogens (tertiary/aromatic N) is 1. The maximum atomic E-state index is 11.2. The summed E-state index contributed by atoms with van der Waals surface area (Å²) in [6.07, 6.45) is 1.87. The van der Waals surface area contributed by atoms with E-state index < -0.39 is 10.0 Å². The van der Waals surface area contributed by atoms with Gasteiger partial charge in [-0.1, -0.05) is 0 Å². The van der Waals surface area contributed by atoms with Crippen molar-refractivity contribution in [3.05, 3.63) is 0 Å². The van der Waals surface area contributed by atoms with Crippen LogP contribution in [0.2, 0.25) is 0 Å². The molecule has 0 aromatic heterocycles. The Labute approximate surface area is 79.9 Å². The Balaban J connectivity index is 4.04. The highest BCUT2D eigenvalue weighted by Gasteiger charge is 2.14. The summed E-state index contributed by atoms with van der Waals surface area (Å²) in [7, 11) is -1.57. The van der Waals surface area contributed by atoms with Gasteiger partial charge in [0.1, 0.15) is 0 Å². The first kappa shape index (κ1) is 12.8. The lowest BCUT2D eigenvalue weighted by Gasteiger charge is -2.18. The fraction of sp³-hybridized carbons (Fsp3) is 1.00. The predicted octanol–water partition coefficient (Wildman–Crippen LogP) is -0.757. The van der Waals surface area contributed by atoms with Gasteiger partial charge in [0.05, 0.1) is 12.9 Å². The monoisotopic (exact) mass is 210 g/mol. The Morgan fingerprint density at radius 2 is 2.00 bits per heavy atom. The molecule has 6 heteroatoms. The van der Waals surface area contributed by atoms with Gasteiger partial charge >= 0.3 is 0 Å². The predicted molar refractivity (Wildman–Crippen MR) is 52.0 cm³/mol. The molecule has 0 atom stereocenters. The van der Waals surface area contributed by atoms with Gasteiger partial charge in [-0.2, -0.15) is 4.31 Å². The summed E-state index contributed by atoms with van der Waals surface area (Å²) in [5, 5.41) is 0. The molecule has 5 nitrogen and oxygen atoms in total. The van der Waals surface area contributed by atoms with Gasteiger partial charge in [0.25, 0.3) is 0 Å². The van der Waals surface area contributed by atoms with Crippen LogP contribution in [0.3, 0.4) is 0 Å². The summed E-state index contributed by atoms with van der Waals surface area (Å²) < 4.78 is 28.5. The minimum atomic E-state index is -3.11. The molecule has 0 bridgehead atoms. The van der Waals surface area contributed by atoms with Gasteiger partial charge < -0.3 is 10.5 Å². The largest absolute Gasteiger partial charge is 0.383 e. The normalized spacial score (nSPS) is 12.3. The molecule has 80 valence electrons. The van der Waals surface area contributed by atoms with Crippen molar-refractivity contribution in [1.82, 2.24) is 4.31 Å². The van der Waals surface area contributed by atoms with E-state index >= 15 is 0 Å². The van der Waals surface area contributed by atoms with Crippen LogP contribution < -0.4 is 5.73 Å². The van der Waals surface area contributed by atoms with E-state index in [1.54, 1.807) is 7.11 Å². The minimum absolute atomic E-state index is 0.398. The number of ether oxygens (including phenoxy) is 1. The SMILES string of the molecule is COCCN(CCCN)S(C)(=O)=O. The van der Waals surface area contributed by atoms with Gasteiger partial charge in [-0.25, -0.2) is 8.42 Å². The van der Waals surface area contributed by atoms with E-state index in [0.717, 1.165) is 0 Å². The molecule has 0 unspecified atom stereocenters. The van der Waals surface area contributed by atoms with Crippen molar-refractivity contribution < 1.29 is 13.2 Å². The summed E-state index contributed by atoms with van der Waals surface area (Å²) in [5.74, 6) is 0. The lowest BCUT2D eigenvalue weighted by Crippen LogP contribution is -2.34. The molecule has 0 spiro atoms. The highest BCUT2D eigenvalue weighted by atomic mass is 32.2. The molecular weight excluding hydrogens is 192 g/mol. The summed E-state index contributed by atoms with van der Waals surface area (Å²) in [4.78, 5) is 0. The molecule has 13 heavy (non-hydrogen) atoms. The van der Waals surface area contributed by atoms with Crippen molar-refractivity contribution in [2.24, 2.45) is 5.73 Å². The van der Waals surface area contributed by atoms with Gasteiger partial charge in [0.2, 0.25) is 10.0 Å². The van der Waals surface area contributed by atoms with Crippen LogP contribution in [0, 0.1) is 0 Å². The lowest BCUT2D eigenvalue weighted by molar-refractivity contribution is 0.179. The molecule has 0 aliphatic heterocycles. The second kappa shape index (κ2) is 6.31. The smallest absolute Gasteiger partial charge is 0.211 e. The average molecular weight is 210 g/mol. The van der Waals surface area contributed by atoms with Gasteiger partial charge in [-0.05, 0) is 13.0 Å². The van der Waals surface area contributed by atoms with Crippen LogP contribution in [0.25, 0.3) is 0 Å². The minimum Gasteiger partial charge on any atom is -0.383 e. The van der Waals surface area contributed by atoms with E-state index in [-0.39, 0.29) is 0 Å². The van der Waals surface area contributed by atoms with E-state index in [1.165, 1.54) is 10.6 Å². The fourth-order valence-corrected chi connectivity index (χ4v) is 1.77. The molecule has 0 saturated carbocycles. The fourth-order valence-electron chi connectivity index (χ4n) is 0.904. The summed E-state index contributed by atoms with van der Waals surface area (Å²) in [6.45, 7) is 1.78. The first-order chi connectivity index (χ1) is 6.02. The highest BCUT2D eigenvalue weighted by molar-refractivity contribution is 7.88. The molecule has 2 N–H and O–H groups in total. The van der Waals surface area contributed by atoms with Crippen LogP contribution in [-0.4, -0.2) is 52.3 Å². The number of hydrogen-bond donors (Lipinski definition) is 1. The van der Waals surface area contributed by atoms with Crippen molar-refractivity contribution in [2.75, 3.05) is 39.6 Å². The average Bonchev–Trinajstić information content (AvgIpc) is 2.02. The molecule has 0 heterocycles. The van der Waals surface area contributed by atoms with E-state index in [9.17, 15) is 8.42 Å². The first-order valence-corrected chi connectivity index (χ1v) is 6.01. The third-order valence-corrected chi connectivity index (χ3v) is 2.93. The number of nitrogens with two attached hydrogens (primary N) is 1. The Hall–Kier alpha value is -0.170. The number of hydrogen-bond acceptors (Lipinski definition) is 4. The second-order valence-electron chi connectivity index (χ2n) is 2.80. The summed E-state index contributed by atoms with van der Waals surface area (Å²) in [6, 6.07) is 0. The van der Waals surface area contributed by atoms with Gasteiger partial charge in [0.15, 0.2) is 0 Å². The zero-order valence-corrected chi connectivity index (χ0v) is 9.01. The third kappa shape index (κ3) is 5.98. The Morgan fingerprint density at radius 3 is 2.38 bits per heavy atom. The van der Waals surface area contributed by atoms with Crippen molar-refractivity contribution >= 4 is 10.0 Å². The molecule has 0 aromatic carbocycles. The molecule has 0 radical (unpaired) electrons. The summed E-state index contributed by atoms with van der Waals surface area (Å²) in [5.41, 5.74) is 5.30. The molecule has 0 aliphatic carbocycles. The second-order valence-corrected chi connectivity index (χ2v) is 4.78. The van der Waals surface area contributed by atoms with Crippen molar-refractivity contribution in [2.45, 2.75) is 6.42 Å². The Bertz CT molecular complexity index is 208. The van der Waals surface area contributed by atoms with E-state index in [2.05, 4.69) is 0 Å². The maximum Gasteiger partial charge on any atom is 0.211 e. The highest BCUT2D eigenvalue weighted by Crippen LogP contribution is 1.98. The van der Waals surface area contributed by atoms with Crippen LogP contribution in [0.5, 0.6) is 0 Å². The van der Waals surface area contributed by atoms with Crippen LogP contribution in [0.15, 0.2) is 0 Å². The van der Waals surface area contributed by atoms with Crippen molar-refractivity contribution in [3.8, 4) is 0 Å². The Kier molecular flexibility index (Phi) is 6.23. The van der Waals surface area contributed by atoms with E-state index in [4.69, 9.17) is 10.5 Å².